The Kier molecular flexibility index (Phi) is 2.77. The topological polar surface area (TPSA) is 45.1 Å². The zero-order chi connectivity index (χ0) is 9.97. The summed E-state index contributed by atoms with van der Waals surface area (Å²) >= 11 is -1.30. The van der Waals surface area contributed by atoms with Crippen molar-refractivity contribution in [3.8, 4) is 0 Å². The number of ether oxygens (including phenoxy) is 1. The summed E-state index contributed by atoms with van der Waals surface area (Å²) in [4.78, 5) is 0. The fraction of sp³-hybridized carbons (Fsp3) is 0.200. The molecule has 0 fully saturated rings. The minimum absolute atomic E-state index is 0.680. The van der Waals surface area contributed by atoms with Crippen LogP contribution in [0.2, 0.25) is 0 Å². The van der Waals surface area contributed by atoms with Gasteiger partial charge in [-0.25, -0.2) is 0 Å². The summed E-state index contributed by atoms with van der Waals surface area (Å²) in [5, 5.41) is 12.8. The molecule has 0 aromatic heterocycles. The Balaban J connectivity index is 2.32. The normalized spacial score (nSPS) is 24.4. The van der Waals surface area contributed by atoms with Crippen LogP contribution in [0.15, 0.2) is 34.6 Å². The van der Waals surface area contributed by atoms with Crippen molar-refractivity contribution >= 4 is 23.2 Å². The number of rotatable bonds is 2. The fourth-order valence-corrected chi connectivity index (χ4v) is 4.53. The number of hydrogen-bond donors (Lipinski definition) is 2. The first kappa shape index (κ1) is 9.59. The maximum absolute atomic E-state index is 7.84. The Bertz CT molecular complexity index is 391. The fourth-order valence-electron chi connectivity index (χ4n) is 1.29. The average molecular weight is 255 g/mol. The van der Waals surface area contributed by atoms with Crippen LogP contribution >= 0.6 is 0 Å². The van der Waals surface area contributed by atoms with E-state index < -0.39 is 13.5 Å². The summed E-state index contributed by atoms with van der Waals surface area (Å²) in [5.74, 6) is 0. The Morgan fingerprint density at radius 1 is 1.64 bits per heavy atom. The van der Waals surface area contributed by atoms with Gasteiger partial charge in [0, 0.05) is 0 Å². The molecule has 14 heavy (non-hydrogen) atoms. The molecular weight excluding hydrogens is 243 g/mol. The van der Waals surface area contributed by atoms with Crippen LogP contribution in [-0.2, 0) is 4.74 Å². The van der Waals surface area contributed by atoms with E-state index >= 15 is 0 Å². The molecule has 0 radical (unpaired) electrons. The van der Waals surface area contributed by atoms with Crippen molar-refractivity contribution in [2.45, 2.75) is 6.92 Å². The van der Waals surface area contributed by atoms with Crippen LogP contribution in [0.3, 0.4) is 0 Å². The zero-order valence-electron chi connectivity index (χ0n) is 7.91. The number of hydrogen-bond acceptors (Lipinski definition) is 3. The molecule has 1 unspecified atom stereocenters. The first-order valence-electron chi connectivity index (χ1n) is 4.45. The number of fused-ring (bicyclic) bond motifs is 1. The van der Waals surface area contributed by atoms with Gasteiger partial charge in [0.1, 0.15) is 0 Å². The van der Waals surface area contributed by atoms with Crippen molar-refractivity contribution in [1.82, 2.24) is 5.32 Å². The summed E-state index contributed by atoms with van der Waals surface area (Å²) in [5.41, 5.74) is 1.07. The maximum atomic E-state index is 7.84. The van der Waals surface area contributed by atoms with E-state index in [1.807, 2.05) is 30.4 Å². The number of allylic oxidation sites excluding steroid dienone is 4. The van der Waals surface area contributed by atoms with Gasteiger partial charge in [0.2, 0.25) is 0 Å². The molecule has 0 aromatic carbocycles. The van der Waals surface area contributed by atoms with Gasteiger partial charge in [-0.15, -0.1) is 0 Å². The van der Waals surface area contributed by atoms with Crippen LogP contribution in [0.5, 0.6) is 0 Å². The van der Waals surface area contributed by atoms with E-state index in [4.69, 9.17) is 10.1 Å². The molecule has 1 atom stereocenters. The summed E-state index contributed by atoms with van der Waals surface area (Å²) in [7, 11) is 0. The minimum atomic E-state index is -1.30. The second-order valence-corrected chi connectivity index (χ2v) is 6.51. The summed E-state index contributed by atoms with van der Waals surface area (Å²) in [6, 6.07) is 0. The van der Waals surface area contributed by atoms with Gasteiger partial charge in [0.15, 0.2) is 0 Å². The van der Waals surface area contributed by atoms with Crippen LogP contribution in [-0.4, -0.2) is 29.8 Å². The van der Waals surface area contributed by atoms with Crippen molar-refractivity contribution in [2.24, 2.45) is 0 Å². The molecule has 0 amide bonds. The van der Waals surface area contributed by atoms with Gasteiger partial charge in [-0.05, 0) is 0 Å². The van der Waals surface area contributed by atoms with Gasteiger partial charge < -0.3 is 0 Å². The summed E-state index contributed by atoms with van der Waals surface area (Å²) in [6.07, 6.45) is 7.83. The van der Waals surface area contributed by atoms with Gasteiger partial charge in [-0.1, -0.05) is 0 Å². The first-order valence-corrected chi connectivity index (χ1v) is 7.15. The molecule has 0 saturated heterocycles. The standard InChI is InChI=1S/C10H12N2OSe/c1-2-13-7-14-9-4-3-5-12-8(9)6-10(14)11/h3-7,11-12H,2H2,1H3. The molecule has 2 aliphatic rings. The molecule has 0 aromatic rings. The van der Waals surface area contributed by atoms with Crippen LogP contribution in [0, 0.1) is 5.41 Å². The predicted octanol–water partition coefficient (Wildman–Crippen LogP) is 0.898. The number of dihydropyridines is 1. The second kappa shape index (κ2) is 4.05. The van der Waals surface area contributed by atoms with Gasteiger partial charge in [-0.3, -0.25) is 0 Å². The zero-order valence-corrected chi connectivity index (χ0v) is 9.62. The van der Waals surface area contributed by atoms with E-state index in [0.717, 1.165) is 5.70 Å². The summed E-state index contributed by atoms with van der Waals surface area (Å²) < 4.78 is 7.25. The molecule has 2 heterocycles. The Morgan fingerprint density at radius 3 is 3.29 bits per heavy atom. The Labute approximate surface area is 87.1 Å². The Morgan fingerprint density at radius 2 is 2.50 bits per heavy atom. The molecule has 0 saturated carbocycles. The van der Waals surface area contributed by atoms with E-state index in [1.165, 1.54) is 4.47 Å². The quantitative estimate of drug-likeness (QED) is 0.720. The van der Waals surface area contributed by atoms with Crippen LogP contribution in [0.4, 0.5) is 0 Å². The van der Waals surface area contributed by atoms with Gasteiger partial charge in [0.25, 0.3) is 0 Å². The van der Waals surface area contributed by atoms with Crippen molar-refractivity contribution in [3.05, 3.63) is 34.6 Å². The molecule has 0 bridgehead atoms. The van der Waals surface area contributed by atoms with Gasteiger partial charge >= 0.3 is 86.8 Å². The molecule has 0 aliphatic carbocycles. The van der Waals surface area contributed by atoms with E-state index in [1.54, 1.807) is 0 Å². The van der Waals surface area contributed by atoms with Crippen molar-refractivity contribution in [3.63, 3.8) is 0 Å². The first-order chi connectivity index (χ1) is 6.83. The van der Waals surface area contributed by atoms with Gasteiger partial charge in [-0.2, -0.15) is 0 Å². The third-order valence-electron chi connectivity index (χ3n) is 1.93. The third kappa shape index (κ3) is 1.64. The van der Waals surface area contributed by atoms with Crippen LogP contribution < -0.4 is 5.32 Å². The average Bonchev–Trinajstić information content (AvgIpc) is 2.51. The van der Waals surface area contributed by atoms with E-state index in [2.05, 4.69) is 11.4 Å². The molecule has 2 aliphatic heterocycles. The summed E-state index contributed by atoms with van der Waals surface area (Å²) in [6.45, 7) is 2.64. The van der Waals surface area contributed by atoms with Gasteiger partial charge in [0.05, 0.1) is 0 Å². The molecular formula is C10H12N2OSe. The SMILES string of the molecule is CCOC=[Se]1C(=N)C=C2NC=CC=C21. The van der Waals surface area contributed by atoms with Crippen LogP contribution in [0.25, 0.3) is 0 Å². The van der Waals surface area contributed by atoms with Crippen molar-refractivity contribution < 1.29 is 4.74 Å². The van der Waals surface area contributed by atoms with Crippen molar-refractivity contribution in [2.75, 3.05) is 6.61 Å². The monoisotopic (exact) mass is 256 g/mol. The molecule has 2 N–H and O–H groups in total. The third-order valence-corrected chi connectivity index (χ3v) is 5.60. The molecule has 2 rings (SSSR count). The van der Waals surface area contributed by atoms with E-state index in [-0.39, 0.29) is 0 Å². The van der Waals surface area contributed by atoms with E-state index in [0.29, 0.717) is 11.2 Å². The van der Waals surface area contributed by atoms with E-state index in [9.17, 15) is 0 Å². The second-order valence-electron chi connectivity index (χ2n) is 2.85. The van der Waals surface area contributed by atoms with Crippen LogP contribution in [0.1, 0.15) is 6.92 Å². The molecule has 4 heteroatoms. The Hall–Kier alpha value is -0.961. The van der Waals surface area contributed by atoms with Crippen molar-refractivity contribution in [1.29, 1.82) is 5.41 Å². The molecule has 0 spiro atoms. The number of nitrogens with one attached hydrogen (secondary N) is 2. The molecule has 3 nitrogen and oxygen atoms in total. The predicted molar refractivity (Wildman–Crippen MR) is 59.6 cm³/mol. The molecule has 74 valence electrons.